The molecular formula is C18H24N2O2. The van der Waals surface area contributed by atoms with Gasteiger partial charge in [0.25, 0.3) is 5.91 Å². The summed E-state index contributed by atoms with van der Waals surface area (Å²) in [4.78, 5) is 17.2. The Balaban J connectivity index is 1.78. The van der Waals surface area contributed by atoms with Crippen LogP contribution in [0.3, 0.4) is 0 Å². The predicted molar refractivity (Wildman–Crippen MR) is 88.1 cm³/mol. The van der Waals surface area contributed by atoms with E-state index in [9.17, 15) is 4.79 Å². The predicted octanol–water partition coefficient (Wildman–Crippen LogP) is 3.38. The van der Waals surface area contributed by atoms with E-state index in [0.29, 0.717) is 6.04 Å². The molecule has 0 aliphatic carbocycles. The topological polar surface area (TPSA) is 36.7 Å². The molecule has 0 saturated carbocycles. The SMILES string of the molecule is CN(C)CC[C@H]1CCCCN1C(=O)c1ccc2occc2c1. The van der Waals surface area contributed by atoms with Crippen molar-refractivity contribution in [2.45, 2.75) is 31.7 Å². The van der Waals surface area contributed by atoms with Gasteiger partial charge in [0.05, 0.1) is 6.26 Å². The minimum absolute atomic E-state index is 0.159. The van der Waals surface area contributed by atoms with E-state index in [1.54, 1.807) is 6.26 Å². The van der Waals surface area contributed by atoms with Crippen LogP contribution in [0.1, 0.15) is 36.0 Å². The lowest BCUT2D eigenvalue weighted by Crippen LogP contribution is -2.44. The average molecular weight is 300 g/mol. The maximum absolute atomic E-state index is 12.9. The highest BCUT2D eigenvalue weighted by Crippen LogP contribution is 2.24. The zero-order valence-corrected chi connectivity index (χ0v) is 13.4. The number of fused-ring (bicyclic) bond motifs is 1. The number of carbonyl (C=O) groups is 1. The van der Waals surface area contributed by atoms with E-state index in [4.69, 9.17) is 4.42 Å². The molecule has 4 nitrogen and oxygen atoms in total. The van der Waals surface area contributed by atoms with Crippen LogP contribution in [0.25, 0.3) is 11.0 Å². The fraction of sp³-hybridized carbons (Fsp3) is 0.500. The van der Waals surface area contributed by atoms with Gasteiger partial charge in [0, 0.05) is 23.5 Å². The third kappa shape index (κ3) is 3.17. The number of nitrogens with zero attached hydrogens (tertiary/aromatic N) is 2. The summed E-state index contributed by atoms with van der Waals surface area (Å²) >= 11 is 0. The van der Waals surface area contributed by atoms with Crippen LogP contribution in [-0.4, -0.2) is 48.9 Å². The van der Waals surface area contributed by atoms with E-state index in [2.05, 4.69) is 23.9 Å². The third-order valence-corrected chi connectivity index (χ3v) is 4.50. The number of benzene rings is 1. The zero-order valence-electron chi connectivity index (χ0n) is 13.4. The van der Waals surface area contributed by atoms with Crippen LogP contribution in [0.5, 0.6) is 0 Å². The van der Waals surface area contributed by atoms with Crippen LogP contribution in [0.4, 0.5) is 0 Å². The summed E-state index contributed by atoms with van der Waals surface area (Å²) < 4.78 is 5.35. The first-order chi connectivity index (χ1) is 10.6. The molecule has 3 rings (SSSR count). The molecule has 0 radical (unpaired) electrons. The lowest BCUT2D eigenvalue weighted by Gasteiger charge is -2.36. The van der Waals surface area contributed by atoms with E-state index in [1.165, 1.54) is 6.42 Å². The maximum atomic E-state index is 12.9. The molecule has 1 aromatic heterocycles. The molecule has 1 amide bonds. The van der Waals surface area contributed by atoms with Crippen molar-refractivity contribution in [1.29, 1.82) is 0 Å². The Morgan fingerprint density at radius 2 is 2.18 bits per heavy atom. The summed E-state index contributed by atoms with van der Waals surface area (Å²) in [5, 5.41) is 0.993. The van der Waals surface area contributed by atoms with E-state index >= 15 is 0 Å². The smallest absolute Gasteiger partial charge is 0.254 e. The summed E-state index contributed by atoms with van der Waals surface area (Å²) in [5.41, 5.74) is 1.60. The number of carbonyl (C=O) groups excluding carboxylic acids is 1. The van der Waals surface area contributed by atoms with Crippen molar-refractivity contribution < 1.29 is 9.21 Å². The summed E-state index contributed by atoms with van der Waals surface area (Å²) in [6.45, 7) is 1.90. The highest BCUT2D eigenvalue weighted by atomic mass is 16.3. The average Bonchev–Trinajstić information content (AvgIpc) is 3.00. The quantitative estimate of drug-likeness (QED) is 0.868. The molecule has 2 aromatic rings. The van der Waals surface area contributed by atoms with Gasteiger partial charge in [-0.2, -0.15) is 0 Å². The van der Waals surface area contributed by atoms with Gasteiger partial charge in [-0.05, 0) is 70.6 Å². The molecule has 0 N–H and O–H groups in total. The molecule has 1 saturated heterocycles. The minimum atomic E-state index is 0.159. The molecule has 2 heterocycles. The third-order valence-electron chi connectivity index (χ3n) is 4.50. The molecule has 118 valence electrons. The second-order valence-electron chi connectivity index (χ2n) is 6.41. The largest absolute Gasteiger partial charge is 0.464 e. The Bertz CT molecular complexity index is 647. The van der Waals surface area contributed by atoms with Crippen LogP contribution in [0.2, 0.25) is 0 Å². The van der Waals surface area contributed by atoms with E-state index in [0.717, 1.165) is 48.9 Å². The molecule has 1 aliphatic heterocycles. The van der Waals surface area contributed by atoms with Gasteiger partial charge in [-0.25, -0.2) is 0 Å². The minimum Gasteiger partial charge on any atom is -0.464 e. The number of amides is 1. The van der Waals surface area contributed by atoms with Gasteiger partial charge in [-0.1, -0.05) is 0 Å². The van der Waals surface area contributed by atoms with Crippen LogP contribution < -0.4 is 0 Å². The van der Waals surface area contributed by atoms with Crippen molar-refractivity contribution in [3.05, 3.63) is 36.1 Å². The Morgan fingerprint density at radius 3 is 3.00 bits per heavy atom. The van der Waals surface area contributed by atoms with Gasteiger partial charge in [-0.15, -0.1) is 0 Å². The molecule has 1 atom stereocenters. The van der Waals surface area contributed by atoms with Gasteiger partial charge in [0.2, 0.25) is 0 Å². The summed E-state index contributed by atoms with van der Waals surface area (Å²) in [6, 6.07) is 7.99. The molecule has 1 aliphatic rings. The number of rotatable bonds is 4. The number of furan rings is 1. The van der Waals surface area contributed by atoms with Crippen LogP contribution >= 0.6 is 0 Å². The van der Waals surface area contributed by atoms with Gasteiger partial charge in [-0.3, -0.25) is 4.79 Å². The number of piperidine rings is 1. The lowest BCUT2D eigenvalue weighted by molar-refractivity contribution is 0.0591. The summed E-state index contributed by atoms with van der Waals surface area (Å²) in [5.74, 6) is 0.159. The van der Waals surface area contributed by atoms with E-state index in [-0.39, 0.29) is 5.91 Å². The zero-order chi connectivity index (χ0) is 15.5. The molecule has 1 aromatic carbocycles. The van der Waals surface area contributed by atoms with E-state index in [1.807, 2.05) is 24.3 Å². The highest BCUT2D eigenvalue weighted by Gasteiger charge is 2.27. The Labute approximate surface area is 131 Å². The molecule has 4 heteroatoms. The highest BCUT2D eigenvalue weighted by molar-refractivity contribution is 5.98. The second kappa shape index (κ2) is 6.53. The van der Waals surface area contributed by atoms with Gasteiger partial charge in [0.15, 0.2) is 0 Å². The molecule has 0 spiro atoms. The molecule has 0 unspecified atom stereocenters. The molecule has 1 fully saturated rings. The van der Waals surface area contributed by atoms with Crippen LogP contribution in [-0.2, 0) is 0 Å². The van der Waals surface area contributed by atoms with Crippen molar-refractivity contribution in [1.82, 2.24) is 9.80 Å². The normalized spacial score (nSPS) is 19.0. The van der Waals surface area contributed by atoms with Gasteiger partial charge < -0.3 is 14.2 Å². The van der Waals surface area contributed by atoms with Crippen molar-refractivity contribution in [2.75, 3.05) is 27.2 Å². The number of likely N-dealkylation sites (tertiary alicyclic amines) is 1. The fourth-order valence-electron chi connectivity index (χ4n) is 3.24. The second-order valence-corrected chi connectivity index (χ2v) is 6.41. The Hall–Kier alpha value is -1.81. The maximum Gasteiger partial charge on any atom is 0.254 e. The molecular weight excluding hydrogens is 276 g/mol. The summed E-state index contributed by atoms with van der Waals surface area (Å²) in [6.07, 6.45) is 6.17. The molecule has 22 heavy (non-hydrogen) atoms. The van der Waals surface area contributed by atoms with Crippen LogP contribution in [0, 0.1) is 0 Å². The number of hydrogen-bond donors (Lipinski definition) is 0. The van der Waals surface area contributed by atoms with Crippen molar-refractivity contribution in [3.63, 3.8) is 0 Å². The summed E-state index contributed by atoms with van der Waals surface area (Å²) in [7, 11) is 4.17. The lowest BCUT2D eigenvalue weighted by atomic mass is 9.97. The first kappa shape index (κ1) is 15.1. The first-order valence-electron chi connectivity index (χ1n) is 8.08. The monoisotopic (exact) mass is 300 g/mol. The standard InChI is InChI=1S/C18H24N2O2/c1-19(2)11-8-16-5-3-4-10-20(16)18(21)15-6-7-17-14(13-15)9-12-22-17/h6-7,9,12-13,16H,3-5,8,10-11H2,1-2H3/t16-/m1/s1. The van der Waals surface area contributed by atoms with Crippen molar-refractivity contribution in [3.8, 4) is 0 Å². The van der Waals surface area contributed by atoms with Crippen molar-refractivity contribution >= 4 is 16.9 Å². The van der Waals surface area contributed by atoms with Crippen molar-refractivity contribution in [2.24, 2.45) is 0 Å². The Kier molecular flexibility index (Phi) is 4.48. The Morgan fingerprint density at radius 1 is 1.32 bits per heavy atom. The van der Waals surface area contributed by atoms with Gasteiger partial charge in [0.1, 0.15) is 5.58 Å². The first-order valence-corrected chi connectivity index (χ1v) is 8.08. The number of hydrogen-bond acceptors (Lipinski definition) is 3. The van der Waals surface area contributed by atoms with Crippen LogP contribution in [0.15, 0.2) is 34.9 Å². The molecule has 0 bridgehead atoms. The van der Waals surface area contributed by atoms with E-state index < -0.39 is 0 Å². The fourth-order valence-corrected chi connectivity index (χ4v) is 3.24. The van der Waals surface area contributed by atoms with Gasteiger partial charge >= 0.3 is 0 Å².